The van der Waals surface area contributed by atoms with E-state index in [0.717, 1.165) is 11.1 Å². The Labute approximate surface area is 142 Å². The van der Waals surface area contributed by atoms with Gasteiger partial charge < -0.3 is 9.47 Å². The smallest absolute Gasteiger partial charge is 0.261 e. The van der Waals surface area contributed by atoms with E-state index >= 15 is 0 Å². The number of aromatic nitrogens is 1. The summed E-state index contributed by atoms with van der Waals surface area (Å²) in [6.07, 6.45) is 1.69. The first-order valence-electron chi connectivity index (χ1n) is 7.89. The predicted molar refractivity (Wildman–Crippen MR) is 88.7 cm³/mol. The maximum atomic E-state index is 11.7. The van der Waals surface area contributed by atoms with E-state index in [2.05, 4.69) is 20.6 Å². The summed E-state index contributed by atoms with van der Waals surface area (Å²) in [5.41, 5.74) is 5.46. The molecule has 1 N–H and O–H groups in total. The van der Waals surface area contributed by atoms with E-state index in [1.165, 1.54) is 0 Å². The molecular formula is C17H13N5O3. The first kappa shape index (κ1) is 14.0. The average Bonchev–Trinajstić information content (AvgIpc) is 2.66. The number of hydrogen-bond donors (Lipinski definition) is 1. The van der Waals surface area contributed by atoms with Crippen LogP contribution in [0, 0.1) is 0 Å². The molecule has 3 aliphatic heterocycles. The van der Waals surface area contributed by atoms with Crippen LogP contribution >= 0.6 is 0 Å². The number of pyridine rings is 1. The molecule has 2 aromatic rings. The molecule has 5 rings (SSSR count). The summed E-state index contributed by atoms with van der Waals surface area (Å²) in [5.74, 6) is 1.65. The summed E-state index contributed by atoms with van der Waals surface area (Å²) < 4.78 is 11.5. The number of fused-ring (bicyclic) bond motifs is 4. The highest BCUT2D eigenvalue weighted by atomic mass is 16.6. The summed E-state index contributed by atoms with van der Waals surface area (Å²) in [4.78, 5) is 16.2. The van der Waals surface area contributed by atoms with Gasteiger partial charge >= 0.3 is 0 Å². The van der Waals surface area contributed by atoms with E-state index < -0.39 is 0 Å². The second-order valence-electron chi connectivity index (χ2n) is 5.71. The third-order valence-corrected chi connectivity index (χ3v) is 4.14. The van der Waals surface area contributed by atoms with E-state index in [4.69, 9.17) is 9.47 Å². The summed E-state index contributed by atoms with van der Waals surface area (Å²) in [7, 11) is 0. The number of amidine groups is 1. The van der Waals surface area contributed by atoms with Crippen molar-refractivity contribution in [3.63, 3.8) is 0 Å². The van der Waals surface area contributed by atoms with Crippen LogP contribution in [0.4, 0.5) is 0 Å². The normalized spacial score (nSPS) is 17.8. The van der Waals surface area contributed by atoms with Crippen molar-refractivity contribution in [1.82, 2.24) is 15.4 Å². The second kappa shape index (κ2) is 5.30. The summed E-state index contributed by atoms with van der Waals surface area (Å²) >= 11 is 0. The predicted octanol–water partition coefficient (Wildman–Crippen LogP) is 0.712. The van der Waals surface area contributed by atoms with Crippen molar-refractivity contribution in [2.24, 2.45) is 10.2 Å². The molecule has 0 atom stereocenters. The first-order chi connectivity index (χ1) is 12.3. The highest BCUT2D eigenvalue weighted by molar-refractivity contribution is 6.22. The van der Waals surface area contributed by atoms with Gasteiger partial charge in [0, 0.05) is 17.3 Å². The molecule has 0 bridgehead atoms. The minimum Gasteiger partial charge on any atom is -0.486 e. The molecule has 1 amide bonds. The average molecular weight is 335 g/mol. The molecule has 124 valence electrons. The number of hydrogen-bond acceptors (Lipinski definition) is 7. The molecule has 0 spiro atoms. The Morgan fingerprint density at radius 3 is 2.92 bits per heavy atom. The van der Waals surface area contributed by atoms with Gasteiger partial charge in [-0.3, -0.25) is 9.78 Å². The molecule has 8 heteroatoms. The Kier molecular flexibility index (Phi) is 2.96. The quantitative estimate of drug-likeness (QED) is 0.829. The Balaban J connectivity index is 1.73. The van der Waals surface area contributed by atoms with E-state index in [1.807, 2.05) is 30.3 Å². The topological polar surface area (TPSA) is 88.4 Å². The van der Waals surface area contributed by atoms with Gasteiger partial charge in [0.15, 0.2) is 17.3 Å². The van der Waals surface area contributed by atoms with Crippen molar-refractivity contribution >= 4 is 17.5 Å². The molecule has 4 heterocycles. The van der Waals surface area contributed by atoms with Gasteiger partial charge in [0.1, 0.15) is 31.2 Å². The summed E-state index contributed by atoms with van der Waals surface area (Å²) in [6.45, 7) is 1.09. The fourth-order valence-corrected chi connectivity index (χ4v) is 3.09. The van der Waals surface area contributed by atoms with Crippen molar-refractivity contribution in [2.45, 2.75) is 0 Å². The highest BCUT2D eigenvalue weighted by Gasteiger charge is 2.33. The van der Waals surface area contributed by atoms with Crippen molar-refractivity contribution < 1.29 is 14.3 Å². The van der Waals surface area contributed by atoms with Crippen LogP contribution < -0.4 is 14.9 Å². The number of nitrogens with zero attached hydrogens (tertiary/aromatic N) is 4. The molecule has 25 heavy (non-hydrogen) atoms. The van der Waals surface area contributed by atoms with Gasteiger partial charge in [0.05, 0.1) is 0 Å². The molecule has 0 unspecified atom stereocenters. The number of amides is 1. The molecule has 1 aromatic heterocycles. The van der Waals surface area contributed by atoms with Gasteiger partial charge in [-0.15, -0.1) is 0 Å². The fraction of sp³-hybridized carbons (Fsp3) is 0.176. The van der Waals surface area contributed by atoms with Crippen LogP contribution in [0.25, 0.3) is 0 Å². The molecule has 3 aliphatic rings. The van der Waals surface area contributed by atoms with Crippen molar-refractivity contribution in [1.29, 1.82) is 0 Å². The largest absolute Gasteiger partial charge is 0.486 e. The lowest BCUT2D eigenvalue weighted by atomic mass is 9.97. The lowest BCUT2D eigenvalue weighted by Crippen LogP contribution is -2.46. The van der Waals surface area contributed by atoms with E-state index in [-0.39, 0.29) is 12.5 Å². The Morgan fingerprint density at radius 2 is 1.96 bits per heavy atom. The number of para-hydroxylation sites is 1. The third kappa shape index (κ3) is 2.14. The number of nitrogens with one attached hydrogen (secondary N) is 1. The van der Waals surface area contributed by atoms with Crippen LogP contribution in [0.3, 0.4) is 0 Å². The lowest BCUT2D eigenvalue weighted by molar-refractivity contribution is -0.122. The SMILES string of the molecule is O=C1CN2N=C(c3cccc4c3OCCO4)c3cccnc3C2=NN1. The number of carbonyl (C=O) groups is 1. The summed E-state index contributed by atoms with van der Waals surface area (Å²) in [6, 6.07) is 9.47. The lowest BCUT2D eigenvalue weighted by Gasteiger charge is -2.30. The van der Waals surface area contributed by atoms with Crippen LogP contribution in [0.5, 0.6) is 11.5 Å². The van der Waals surface area contributed by atoms with Crippen molar-refractivity contribution in [2.75, 3.05) is 19.8 Å². The van der Waals surface area contributed by atoms with Crippen molar-refractivity contribution in [3.05, 3.63) is 53.3 Å². The van der Waals surface area contributed by atoms with Gasteiger partial charge in [-0.05, 0) is 24.3 Å². The maximum absolute atomic E-state index is 11.7. The van der Waals surface area contributed by atoms with Gasteiger partial charge in [-0.25, -0.2) is 10.4 Å². The van der Waals surface area contributed by atoms with E-state index in [1.54, 1.807) is 11.2 Å². The van der Waals surface area contributed by atoms with Crippen molar-refractivity contribution in [3.8, 4) is 11.5 Å². The number of ether oxygens (including phenoxy) is 2. The minimum atomic E-state index is -0.221. The zero-order chi connectivity index (χ0) is 16.8. The molecule has 0 fully saturated rings. The second-order valence-corrected chi connectivity index (χ2v) is 5.71. The number of benzene rings is 1. The van der Waals surface area contributed by atoms with E-state index in [9.17, 15) is 4.79 Å². The van der Waals surface area contributed by atoms with Crippen LogP contribution in [0.15, 0.2) is 46.7 Å². The Morgan fingerprint density at radius 1 is 1.08 bits per heavy atom. The van der Waals surface area contributed by atoms with Gasteiger partial charge in [0.2, 0.25) is 0 Å². The van der Waals surface area contributed by atoms with Crippen LogP contribution in [-0.4, -0.2) is 47.2 Å². The standard InChI is InChI=1S/C17H13N5O3/c23-13-9-22-17(20-19-13)15-10(4-2-6-18-15)14(21-22)11-3-1-5-12-16(11)25-8-7-24-12/h1-6H,7-9H2,(H,19,23). The Hall–Kier alpha value is -3.42. The number of carbonyl (C=O) groups excluding carboxylic acids is 1. The highest BCUT2D eigenvalue weighted by Crippen LogP contribution is 2.36. The van der Waals surface area contributed by atoms with Crippen LogP contribution in [-0.2, 0) is 4.79 Å². The molecule has 8 nitrogen and oxygen atoms in total. The monoisotopic (exact) mass is 335 g/mol. The van der Waals surface area contributed by atoms with Crippen LogP contribution in [0.2, 0.25) is 0 Å². The van der Waals surface area contributed by atoms with Gasteiger partial charge in [-0.2, -0.15) is 10.2 Å². The molecule has 0 aliphatic carbocycles. The number of hydrazone groups is 2. The third-order valence-electron chi connectivity index (χ3n) is 4.14. The number of rotatable bonds is 1. The molecule has 0 saturated heterocycles. The van der Waals surface area contributed by atoms with Crippen LogP contribution in [0.1, 0.15) is 16.8 Å². The zero-order valence-electron chi connectivity index (χ0n) is 13.1. The molecule has 0 radical (unpaired) electrons. The van der Waals surface area contributed by atoms with Gasteiger partial charge in [-0.1, -0.05) is 6.07 Å². The Bertz CT molecular complexity index is 953. The maximum Gasteiger partial charge on any atom is 0.261 e. The molecule has 1 aromatic carbocycles. The first-order valence-corrected chi connectivity index (χ1v) is 7.89. The zero-order valence-corrected chi connectivity index (χ0v) is 13.1. The molecule has 0 saturated carbocycles. The fourth-order valence-electron chi connectivity index (χ4n) is 3.09. The summed E-state index contributed by atoms with van der Waals surface area (Å²) in [5, 5.41) is 10.3. The molecular weight excluding hydrogens is 322 g/mol. The van der Waals surface area contributed by atoms with E-state index in [0.29, 0.717) is 42.0 Å². The minimum absolute atomic E-state index is 0.0880. The van der Waals surface area contributed by atoms with Gasteiger partial charge in [0.25, 0.3) is 5.91 Å².